The SMILES string of the molecule is COc1ccc(N)c(-c2cc3[nH]c4ccc(OC)cc4c3c(C)c2C)c1. The van der Waals surface area contributed by atoms with E-state index in [0.29, 0.717) is 0 Å². The molecule has 0 unspecified atom stereocenters. The van der Waals surface area contributed by atoms with Gasteiger partial charge in [0.2, 0.25) is 0 Å². The van der Waals surface area contributed by atoms with Gasteiger partial charge in [0.25, 0.3) is 0 Å². The minimum Gasteiger partial charge on any atom is -0.497 e. The minimum atomic E-state index is 0.741. The largest absolute Gasteiger partial charge is 0.497 e. The van der Waals surface area contributed by atoms with Crippen LogP contribution in [0.15, 0.2) is 42.5 Å². The van der Waals surface area contributed by atoms with Crippen molar-refractivity contribution in [3.63, 3.8) is 0 Å². The van der Waals surface area contributed by atoms with Gasteiger partial charge in [-0.25, -0.2) is 0 Å². The lowest BCUT2D eigenvalue weighted by Crippen LogP contribution is -1.95. The number of nitrogen functional groups attached to an aromatic ring is 1. The Morgan fingerprint density at radius 2 is 1.46 bits per heavy atom. The fourth-order valence-corrected chi connectivity index (χ4v) is 3.65. The zero-order chi connectivity index (χ0) is 18.4. The maximum Gasteiger partial charge on any atom is 0.119 e. The molecular formula is C22H22N2O2. The Morgan fingerprint density at radius 3 is 2.19 bits per heavy atom. The van der Waals surface area contributed by atoms with Crippen molar-refractivity contribution in [2.24, 2.45) is 0 Å². The molecular weight excluding hydrogens is 324 g/mol. The van der Waals surface area contributed by atoms with E-state index >= 15 is 0 Å². The molecule has 4 aromatic rings. The first-order valence-electron chi connectivity index (χ1n) is 8.57. The van der Waals surface area contributed by atoms with Gasteiger partial charge in [-0.1, -0.05) is 0 Å². The molecule has 3 N–H and O–H groups in total. The maximum atomic E-state index is 6.27. The number of ether oxygens (including phenoxy) is 2. The fraction of sp³-hybridized carbons (Fsp3) is 0.182. The zero-order valence-electron chi connectivity index (χ0n) is 15.4. The Hall–Kier alpha value is -3.14. The summed E-state index contributed by atoms with van der Waals surface area (Å²) in [6.07, 6.45) is 0. The predicted molar refractivity (Wildman–Crippen MR) is 108 cm³/mol. The normalized spacial score (nSPS) is 11.2. The van der Waals surface area contributed by atoms with Gasteiger partial charge in [-0.15, -0.1) is 0 Å². The molecule has 132 valence electrons. The molecule has 0 fully saturated rings. The Bertz CT molecular complexity index is 1140. The van der Waals surface area contributed by atoms with Crippen LogP contribution in [0.5, 0.6) is 11.5 Å². The van der Waals surface area contributed by atoms with Gasteiger partial charge in [-0.2, -0.15) is 0 Å². The molecule has 0 bridgehead atoms. The van der Waals surface area contributed by atoms with E-state index in [1.165, 1.54) is 21.9 Å². The minimum absolute atomic E-state index is 0.741. The number of hydrogen-bond donors (Lipinski definition) is 2. The monoisotopic (exact) mass is 346 g/mol. The summed E-state index contributed by atoms with van der Waals surface area (Å²) in [5, 5.41) is 2.40. The molecule has 4 rings (SSSR count). The second-order valence-electron chi connectivity index (χ2n) is 6.59. The smallest absolute Gasteiger partial charge is 0.119 e. The summed E-state index contributed by atoms with van der Waals surface area (Å²) >= 11 is 0. The summed E-state index contributed by atoms with van der Waals surface area (Å²) in [6.45, 7) is 4.30. The van der Waals surface area contributed by atoms with E-state index in [4.69, 9.17) is 15.2 Å². The number of aromatic nitrogens is 1. The van der Waals surface area contributed by atoms with Crippen LogP contribution in [0, 0.1) is 13.8 Å². The highest BCUT2D eigenvalue weighted by atomic mass is 16.5. The lowest BCUT2D eigenvalue weighted by atomic mass is 9.92. The number of aryl methyl sites for hydroxylation is 1. The Labute approximate surface area is 152 Å². The maximum absolute atomic E-state index is 6.27. The first-order chi connectivity index (χ1) is 12.5. The summed E-state index contributed by atoms with van der Waals surface area (Å²) in [6, 6.07) is 14.1. The van der Waals surface area contributed by atoms with E-state index in [-0.39, 0.29) is 0 Å². The Balaban J connectivity index is 2.04. The zero-order valence-corrected chi connectivity index (χ0v) is 15.4. The number of methoxy groups -OCH3 is 2. The fourth-order valence-electron chi connectivity index (χ4n) is 3.65. The summed E-state index contributed by atoms with van der Waals surface area (Å²) in [5.41, 5.74) is 13.7. The molecule has 0 aliphatic heterocycles. The second kappa shape index (κ2) is 5.99. The molecule has 4 heteroatoms. The van der Waals surface area contributed by atoms with Crippen LogP contribution in [0.2, 0.25) is 0 Å². The first-order valence-corrected chi connectivity index (χ1v) is 8.57. The van der Waals surface area contributed by atoms with Crippen LogP contribution in [0.1, 0.15) is 11.1 Å². The highest BCUT2D eigenvalue weighted by molar-refractivity contribution is 6.11. The molecule has 1 heterocycles. The van der Waals surface area contributed by atoms with E-state index < -0.39 is 0 Å². The average molecular weight is 346 g/mol. The van der Waals surface area contributed by atoms with E-state index in [1.54, 1.807) is 14.2 Å². The van der Waals surface area contributed by atoms with Gasteiger partial charge in [-0.3, -0.25) is 0 Å². The third-order valence-corrected chi connectivity index (χ3v) is 5.22. The van der Waals surface area contributed by atoms with E-state index in [2.05, 4.69) is 37.0 Å². The molecule has 0 radical (unpaired) electrons. The van der Waals surface area contributed by atoms with Gasteiger partial charge >= 0.3 is 0 Å². The van der Waals surface area contributed by atoms with Gasteiger partial charge in [-0.05, 0) is 73.0 Å². The lowest BCUT2D eigenvalue weighted by Gasteiger charge is -2.14. The van der Waals surface area contributed by atoms with Crippen LogP contribution in [-0.2, 0) is 0 Å². The molecule has 0 aliphatic carbocycles. The van der Waals surface area contributed by atoms with Gasteiger partial charge < -0.3 is 20.2 Å². The number of benzene rings is 3. The molecule has 4 nitrogen and oxygen atoms in total. The van der Waals surface area contributed by atoms with Crippen molar-refractivity contribution in [2.45, 2.75) is 13.8 Å². The molecule has 1 aromatic heterocycles. The highest BCUT2D eigenvalue weighted by Gasteiger charge is 2.15. The third kappa shape index (κ3) is 2.37. The van der Waals surface area contributed by atoms with Gasteiger partial charge in [0.05, 0.1) is 14.2 Å². The van der Waals surface area contributed by atoms with Crippen molar-refractivity contribution in [3.8, 4) is 22.6 Å². The Kier molecular flexibility index (Phi) is 3.76. The topological polar surface area (TPSA) is 60.3 Å². The summed E-state index contributed by atoms with van der Waals surface area (Å²) in [7, 11) is 3.36. The first kappa shape index (κ1) is 16.3. The molecule has 26 heavy (non-hydrogen) atoms. The van der Waals surface area contributed by atoms with Gasteiger partial charge in [0.1, 0.15) is 11.5 Å². The van der Waals surface area contributed by atoms with E-state index in [9.17, 15) is 0 Å². The molecule has 0 saturated carbocycles. The number of rotatable bonds is 3. The van der Waals surface area contributed by atoms with Crippen molar-refractivity contribution in [3.05, 3.63) is 53.6 Å². The standard InChI is InChI=1S/C22H22N2O2/c1-12-13(2)22-18-10-15(26-4)6-8-20(18)24-21(22)11-16(12)17-9-14(25-3)5-7-19(17)23/h5-11,24H,23H2,1-4H3. The van der Waals surface area contributed by atoms with E-state index in [1.807, 2.05) is 24.3 Å². The van der Waals surface area contributed by atoms with Crippen LogP contribution < -0.4 is 15.2 Å². The van der Waals surface area contributed by atoms with Crippen LogP contribution >= 0.6 is 0 Å². The molecule has 0 atom stereocenters. The predicted octanol–water partition coefficient (Wildman–Crippen LogP) is 5.20. The van der Waals surface area contributed by atoms with Crippen molar-refractivity contribution < 1.29 is 9.47 Å². The number of nitrogens with two attached hydrogens (primary N) is 1. The van der Waals surface area contributed by atoms with Crippen LogP contribution in [0.3, 0.4) is 0 Å². The second-order valence-corrected chi connectivity index (χ2v) is 6.59. The van der Waals surface area contributed by atoms with Crippen LogP contribution in [0.4, 0.5) is 5.69 Å². The molecule has 3 aromatic carbocycles. The number of hydrogen-bond acceptors (Lipinski definition) is 3. The molecule has 0 saturated heterocycles. The van der Waals surface area contributed by atoms with Crippen LogP contribution in [0.25, 0.3) is 32.9 Å². The number of aromatic amines is 1. The number of H-pyrrole nitrogens is 1. The lowest BCUT2D eigenvalue weighted by molar-refractivity contribution is 0.415. The summed E-state index contributed by atoms with van der Waals surface area (Å²) < 4.78 is 10.8. The summed E-state index contributed by atoms with van der Waals surface area (Å²) in [5.74, 6) is 1.66. The summed E-state index contributed by atoms with van der Waals surface area (Å²) in [4.78, 5) is 3.53. The van der Waals surface area contributed by atoms with E-state index in [0.717, 1.165) is 39.3 Å². The van der Waals surface area contributed by atoms with Crippen molar-refractivity contribution >= 4 is 27.5 Å². The quantitative estimate of drug-likeness (QED) is 0.501. The Morgan fingerprint density at radius 1 is 0.769 bits per heavy atom. The van der Waals surface area contributed by atoms with Crippen molar-refractivity contribution in [2.75, 3.05) is 20.0 Å². The molecule has 0 aliphatic rings. The third-order valence-electron chi connectivity index (χ3n) is 5.22. The van der Waals surface area contributed by atoms with Crippen LogP contribution in [-0.4, -0.2) is 19.2 Å². The number of anilines is 1. The molecule has 0 spiro atoms. The van der Waals surface area contributed by atoms with Crippen molar-refractivity contribution in [1.82, 2.24) is 4.98 Å². The molecule has 0 amide bonds. The highest BCUT2D eigenvalue weighted by Crippen LogP contribution is 2.39. The average Bonchev–Trinajstić information content (AvgIpc) is 3.02. The number of fused-ring (bicyclic) bond motifs is 3. The number of nitrogens with one attached hydrogen (secondary N) is 1. The van der Waals surface area contributed by atoms with Gasteiger partial charge in [0.15, 0.2) is 0 Å². The van der Waals surface area contributed by atoms with Crippen molar-refractivity contribution in [1.29, 1.82) is 0 Å². The van der Waals surface area contributed by atoms with Gasteiger partial charge in [0, 0.05) is 33.1 Å².